The Morgan fingerprint density at radius 2 is 1.67 bits per heavy atom. The normalized spacial score (nSPS) is 20.9. The molecule has 4 N–H and O–H groups in total. The Hall–Kier alpha value is -4.83. The highest BCUT2D eigenvalue weighted by molar-refractivity contribution is 6.01. The monoisotopic (exact) mass is 688 g/mol. The van der Waals surface area contributed by atoms with Crippen LogP contribution < -0.4 is 16.4 Å². The van der Waals surface area contributed by atoms with E-state index in [0.717, 1.165) is 72.8 Å². The molecular weight excluding hydrogens is 640 g/mol. The molecule has 0 aromatic heterocycles. The van der Waals surface area contributed by atoms with Crippen molar-refractivity contribution in [3.63, 3.8) is 0 Å². The van der Waals surface area contributed by atoms with Crippen LogP contribution in [0.15, 0.2) is 82.0 Å². The number of aliphatic imine (C=N–C) groups is 1. The average molecular weight is 689 g/mol. The number of amides is 2. The van der Waals surface area contributed by atoms with Crippen molar-refractivity contribution in [2.24, 2.45) is 44.6 Å². The minimum Gasteiger partial charge on any atom is -0.356 e. The van der Waals surface area contributed by atoms with E-state index in [9.17, 15) is 19.2 Å². The third kappa shape index (κ3) is 9.29. The molecule has 10 nitrogen and oxygen atoms in total. The third-order valence-electron chi connectivity index (χ3n) is 10.7. The van der Waals surface area contributed by atoms with Crippen LogP contribution in [0.1, 0.15) is 84.8 Å². The number of carbonyl (C=O) groups is 4. The molecule has 0 unspecified atom stereocenters. The van der Waals surface area contributed by atoms with Gasteiger partial charge < -0.3 is 16.4 Å². The van der Waals surface area contributed by atoms with E-state index in [4.69, 9.17) is 5.73 Å². The third-order valence-corrected chi connectivity index (χ3v) is 10.7. The summed E-state index contributed by atoms with van der Waals surface area (Å²) in [6, 6.07) is 21.2. The zero-order valence-corrected chi connectivity index (χ0v) is 29.4. The molecule has 0 spiro atoms. The van der Waals surface area contributed by atoms with Gasteiger partial charge in [-0.3, -0.25) is 19.2 Å². The highest BCUT2D eigenvalue weighted by atomic mass is 16.2. The van der Waals surface area contributed by atoms with Crippen LogP contribution in [-0.4, -0.2) is 49.0 Å². The number of amidine groups is 1. The first-order valence-electron chi connectivity index (χ1n) is 18.3. The van der Waals surface area contributed by atoms with Gasteiger partial charge in [0.15, 0.2) is 18.3 Å². The Labute approximate surface area is 299 Å². The van der Waals surface area contributed by atoms with Gasteiger partial charge in [-0.15, -0.1) is 5.11 Å². The predicted octanol–water partition coefficient (Wildman–Crippen LogP) is 6.84. The lowest BCUT2D eigenvalue weighted by molar-refractivity contribution is -0.129. The van der Waals surface area contributed by atoms with Crippen LogP contribution in [0, 0.1) is 30.6 Å². The number of hydrogen-bond acceptors (Lipinski definition) is 8. The Morgan fingerprint density at radius 3 is 2.35 bits per heavy atom. The molecule has 2 heterocycles. The van der Waals surface area contributed by atoms with Gasteiger partial charge in [-0.2, -0.15) is 5.11 Å². The lowest BCUT2D eigenvalue weighted by atomic mass is 9.77. The molecule has 2 amide bonds. The van der Waals surface area contributed by atoms with Crippen molar-refractivity contribution in [3.8, 4) is 11.1 Å². The standard InChI is InChI=1S/C41H48N6O4/c1-26-20-32(38(49)22-33-4-2-3-19-43-40(33)50)15-18-36(26)29-9-5-27(6-10-29)21-34(23-37(48)30-11-7-28(24-42)8-12-30)41(51)46-35-16-13-31(14-17-35)39-44-25-45-47-39/h5-6,9-10,13-18,20,28,30,33-34H,2-4,7-8,11-12,19,21-25,42H2,1H3,(H,43,50)(H,46,51)/t28?,30?,33-,34+/m0/s1. The molecule has 51 heavy (non-hydrogen) atoms. The number of ketones is 2. The highest BCUT2D eigenvalue weighted by Gasteiger charge is 2.30. The molecule has 3 aliphatic rings. The van der Waals surface area contributed by atoms with Gasteiger partial charge in [0, 0.05) is 54.0 Å². The Morgan fingerprint density at radius 1 is 0.922 bits per heavy atom. The largest absolute Gasteiger partial charge is 0.356 e. The zero-order chi connectivity index (χ0) is 35.7. The summed E-state index contributed by atoms with van der Waals surface area (Å²) in [5.74, 6) is 0.123. The number of nitrogens with one attached hydrogen (secondary N) is 2. The van der Waals surface area contributed by atoms with Crippen LogP contribution in [0.25, 0.3) is 11.1 Å². The second-order valence-corrected chi connectivity index (χ2v) is 14.3. The molecule has 2 atom stereocenters. The average Bonchev–Trinajstić information content (AvgIpc) is 3.62. The van der Waals surface area contributed by atoms with Crippen molar-refractivity contribution in [2.75, 3.05) is 25.1 Å². The van der Waals surface area contributed by atoms with E-state index in [1.165, 1.54) is 0 Å². The fraction of sp³-hybridized carbons (Fsp3) is 0.439. The topological polar surface area (TPSA) is 155 Å². The van der Waals surface area contributed by atoms with Crippen molar-refractivity contribution in [1.82, 2.24) is 5.32 Å². The molecule has 0 bridgehead atoms. The van der Waals surface area contributed by atoms with Gasteiger partial charge in [-0.25, -0.2) is 4.99 Å². The number of carbonyl (C=O) groups excluding carboxylic acids is 4. The van der Waals surface area contributed by atoms with Crippen molar-refractivity contribution in [3.05, 3.63) is 89.0 Å². The van der Waals surface area contributed by atoms with Crippen LogP contribution in [0.3, 0.4) is 0 Å². The van der Waals surface area contributed by atoms with E-state index in [1.807, 2.05) is 73.7 Å². The summed E-state index contributed by atoms with van der Waals surface area (Å²) >= 11 is 0. The molecule has 2 aliphatic heterocycles. The Balaban J connectivity index is 1.13. The number of anilines is 1. The molecule has 10 heteroatoms. The van der Waals surface area contributed by atoms with Crippen molar-refractivity contribution in [2.45, 2.75) is 71.1 Å². The number of hydrogen-bond donors (Lipinski definition) is 3. The number of rotatable bonds is 13. The van der Waals surface area contributed by atoms with Crippen molar-refractivity contribution >= 4 is 34.9 Å². The number of aryl methyl sites for hydroxylation is 1. The van der Waals surface area contributed by atoms with Crippen LogP contribution >= 0.6 is 0 Å². The summed E-state index contributed by atoms with van der Waals surface area (Å²) in [5.41, 5.74) is 11.9. The van der Waals surface area contributed by atoms with E-state index >= 15 is 0 Å². The minimum absolute atomic E-state index is 0.0149. The molecule has 2 fully saturated rings. The van der Waals surface area contributed by atoms with Gasteiger partial charge in [0.25, 0.3) is 0 Å². The lowest BCUT2D eigenvalue weighted by Gasteiger charge is -2.27. The van der Waals surface area contributed by atoms with Crippen molar-refractivity contribution in [1.29, 1.82) is 0 Å². The number of nitrogens with zero attached hydrogens (tertiary/aromatic N) is 3. The Kier molecular flexibility index (Phi) is 11.9. The summed E-state index contributed by atoms with van der Waals surface area (Å²) in [5, 5.41) is 13.9. The van der Waals surface area contributed by atoms with Crippen molar-refractivity contribution < 1.29 is 19.2 Å². The van der Waals surface area contributed by atoms with Gasteiger partial charge >= 0.3 is 0 Å². The zero-order valence-electron chi connectivity index (χ0n) is 29.4. The van der Waals surface area contributed by atoms with E-state index in [-0.39, 0.29) is 48.1 Å². The maximum Gasteiger partial charge on any atom is 0.228 e. The smallest absolute Gasteiger partial charge is 0.228 e. The second-order valence-electron chi connectivity index (χ2n) is 14.3. The number of nitrogens with two attached hydrogens (primary N) is 1. The minimum atomic E-state index is -0.536. The number of Topliss-reactive ketones (excluding diaryl/α,β-unsaturated/α-hetero) is 2. The molecule has 1 saturated heterocycles. The first kappa shape index (κ1) is 36.0. The first-order valence-corrected chi connectivity index (χ1v) is 18.3. The van der Waals surface area contributed by atoms with Crippen LogP contribution in [-0.2, 0) is 20.8 Å². The van der Waals surface area contributed by atoms with Crippen LogP contribution in [0.2, 0.25) is 0 Å². The molecular formula is C41H48N6O4. The molecule has 1 saturated carbocycles. The molecule has 266 valence electrons. The van der Waals surface area contributed by atoms with E-state index in [1.54, 1.807) is 0 Å². The summed E-state index contributed by atoms with van der Waals surface area (Å²) in [4.78, 5) is 57.1. The van der Waals surface area contributed by atoms with Gasteiger partial charge in [0.05, 0.1) is 0 Å². The van der Waals surface area contributed by atoms with E-state index in [0.29, 0.717) is 49.2 Å². The lowest BCUT2D eigenvalue weighted by Crippen LogP contribution is -2.31. The molecule has 3 aromatic rings. The van der Waals surface area contributed by atoms with Crippen LogP contribution in [0.5, 0.6) is 0 Å². The summed E-state index contributed by atoms with van der Waals surface area (Å²) in [6.45, 7) is 3.65. The molecule has 6 rings (SSSR count). The van der Waals surface area contributed by atoms with E-state index < -0.39 is 5.92 Å². The number of benzene rings is 3. The maximum absolute atomic E-state index is 13.8. The summed E-state index contributed by atoms with van der Waals surface area (Å²) < 4.78 is 0. The van der Waals surface area contributed by atoms with Gasteiger partial charge in [0.1, 0.15) is 5.78 Å². The highest BCUT2D eigenvalue weighted by Crippen LogP contribution is 2.32. The quantitative estimate of drug-likeness (QED) is 0.168. The summed E-state index contributed by atoms with van der Waals surface area (Å²) in [6.07, 6.45) is 7.02. The first-order chi connectivity index (χ1) is 24.8. The number of azo groups is 1. The second kappa shape index (κ2) is 16.9. The maximum atomic E-state index is 13.8. The Bertz CT molecular complexity index is 1790. The molecule has 3 aromatic carbocycles. The predicted molar refractivity (Wildman–Crippen MR) is 199 cm³/mol. The van der Waals surface area contributed by atoms with Gasteiger partial charge in [-0.1, -0.05) is 42.8 Å². The fourth-order valence-corrected chi connectivity index (χ4v) is 7.52. The van der Waals surface area contributed by atoms with Gasteiger partial charge in [0.2, 0.25) is 11.8 Å². The fourth-order valence-electron chi connectivity index (χ4n) is 7.52. The van der Waals surface area contributed by atoms with Gasteiger partial charge in [-0.05, 0) is 117 Å². The summed E-state index contributed by atoms with van der Waals surface area (Å²) in [7, 11) is 0. The molecule has 0 radical (unpaired) electrons. The van der Waals surface area contributed by atoms with Crippen LogP contribution in [0.4, 0.5) is 5.69 Å². The SMILES string of the molecule is Cc1cc(C(=O)C[C@@H]2CCCCNC2=O)ccc1-c1ccc(C[C@H](CC(=O)C2CCC(CN)CC2)C(=O)Nc2ccc(C3=NCN=N3)cc2)cc1. The molecule has 1 aliphatic carbocycles. The van der Waals surface area contributed by atoms with E-state index in [2.05, 4.69) is 25.9 Å².